The summed E-state index contributed by atoms with van der Waals surface area (Å²) in [5, 5.41) is 27.7. The Kier molecular flexibility index (Phi) is 4.91. The normalized spacial score (nSPS) is 31.6. The third kappa shape index (κ3) is 3.39. The Morgan fingerprint density at radius 1 is 1.29 bits per heavy atom. The van der Waals surface area contributed by atoms with Gasteiger partial charge in [-0.25, -0.2) is 9.59 Å². The van der Waals surface area contributed by atoms with Crippen LogP contribution in [0.15, 0.2) is 12.2 Å². The van der Waals surface area contributed by atoms with Crippen molar-refractivity contribution in [1.29, 1.82) is 0 Å². The number of rotatable bonds is 5. The number of hydrogen-bond donors (Lipinski definition) is 3. The fraction of sp³-hybridized carbons (Fsp3) is 0.667. The molecule has 0 aromatic rings. The van der Waals surface area contributed by atoms with Gasteiger partial charge < -0.3 is 34.3 Å². The highest BCUT2D eigenvalue weighted by molar-refractivity contribution is 5.90. The van der Waals surface area contributed by atoms with Crippen LogP contribution < -0.4 is 0 Å². The van der Waals surface area contributed by atoms with E-state index in [4.69, 9.17) is 24.1 Å². The van der Waals surface area contributed by atoms with Crippen molar-refractivity contribution in [3.63, 3.8) is 0 Å². The zero-order chi connectivity index (χ0) is 15.5. The van der Waals surface area contributed by atoms with E-state index in [1.165, 1.54) is 0 Å². The predicted molar refractivity (Wildman–Crippen MR) is 64.1 cm³/mol. The molecule has 0 aromatic carbocycles. The van der Waals surface area contributed by atoms with Gasteiger partial charge in [-0.1, -0.05) is 0 Å². The molecule has 0 amide bonds. The third-order valence-electron chi connectivity index (χ3n) is 3.17. The summed E-state index contributed by atoms with van der Waals surface area (Å²) in [6.07, 6.45) is -1.95. The maximum atomic E-state index is 11.5. The lowest BCUT2D eigenvalue weighted by molar-refractivity contribution is -0.256. The van der Waals surface area contributed by atoms with E-state index in [0.717, 1.165) is 0 Å². The lowest BCUT2D eigenvalue weighted by Gasteiger charge is -2.33. The van der Waals surface area contributed by atoms with Crippen molar-refractivity contribution < 1.29 is 43.9 Å². The van der Waals surface area contributed by atoms with Gasteiger partial charge in [-0.15, -0.1) is 0 Å². The highest BCUT2D eigenvalue weighted by Gasteiger charge is 2.55. The van der Waals surface area contributed by atoms with Gasteiger partial charge >= 0.3 is 11.9 Å². The molecule has 0 aliphatic carbocycles. The Bertz CT molecular complexity index is 426. The first-order valence-electron chi connectivity index (χ1n) is 6.28. The van der Waals surface area contributed by atoms with E-state index in [1.54, 1.807) is 0 Å². The Labute approximate surface area is 119 Å². The van der Waals surface area contributed by atoms with Crippen LogP contribution in [-0.4, -0.2) is 77.8 Å². The van der Waals surface area contributed by atoms with E-state index in [0.29, 0.717) is 12.2 Å². The number of carbonyl (C=O) groups is 2. The second-order valence-electron chi connectivity index (χ2n) is 4.56. The van der Waals surface area contributed by atoms with Crippen LogP contribution in [0, 0.1) is 0 Å². The second-order valence-corrected chi connectivity index (χ2v) is 4.56. The summed E-state index contributed by atoms with van der Waals surface area (Å²) < 4.78 is 20.9. The molecule has 9 heteroatoms. The molecule has 3 atom stereocenters. The average molecular weight is 304 g/mol. The van der Waals surface area contributed by atoms with Crippen molar-refractivity contribution in [2.24, 2.45) is 0 Å². The summed E-state index contributed by atoms with van der Waals surface area (Å²) in [5.74, 6) is -3.76. The van der Waals surface area contributed by atoms with E-state index in [-0.39, 0.29) is 19.8 Å². The number of esters is 1. The molecule has 0 unspecified atom stereocenters. The summed E-state index contributed by atoms with van der Waals surface area (Å²) in [7, 11) is 0. The molecule has 0 spiro atoms. The van der Waals surface area contributed by atoms with Gasteiger partial charge in [-0.3, -0.25) is 0 Å². The van der Waals surface area contributed by atoms with Gasteiger partial charge in [0, 0.05) is 12.2 Å². The Morgan fingerprint density at radius 2 is 1.95 bits per heavy atom. The van der Waals surface area contributed by atoms with Crippen molar-refractivity contribution in [2.45, 2.75) is 24.1 Å². The molecule has 0 radical (unpaired) electrons. The monoisotopic (exact) mass is 304 g/mol. The molecule has 0 bridgehead atoms. The summed E-state index contributed by atoms with van der Waals surface area (Å²) in [6, 6.07) is 0. The fourth-order valence-electron chi connectivity index (χ4n) is 2.24. The zero-order valence-corrected chi connectivity index (χ0v) is 11.0. The van der Waals surface area contributed by atoms with Crippen LogP contribution in [0.1, 0.15) is 0 Å². The standard InChI is InChI=1S/C12H16O9/c13-6-12(19-3-4-20-12)11-10(7(14)5-18-11)21-9(17)2-1-8(15)16/h1-2,7,10-11,13-14H,3-6H2,(H,15,16)/b2-1-/t7-,10+,11-/m0/s1. The molecule has 9 nitrogen and oxygen atoms in total. The molecule has 2 aliphatic rings. The van der Waals surface area contributed by atoms with Gasteiger partial charge in [0.1, 0.15) is 12.7 Å². The van der Waals surface area contributed by atoms with Crippen molar-refractivity contribution in [3.05, 3.63) is 12.2 Å². The smallest absolute Gasteiger partial charge is 0.331 e. The third-order valence-corrected chi connectivity index (χ3v) is 3.17. The van der Waals surface area contributed by atoms with Crippen LogP contribution in [0.2, 0.25) is 0 Å². The summed E-state index contributed by atoms with van der Waals surface area (Å²) in [6.45, 7) is -0.199. The number of carboxylic acids is 1. The fourth-order valence-corrected chi connectivity index (χ4v) is 2.24. The van der Waals surface area contributed by atoms with Crippen LogP contribution in [0.4, 0.5) is 0 Å². The minimum Gasteiger partial charge on any atom is -0.478 e. The van der Waals surface area contributed by atoms with Gasteiger partial charge in [-0.05, 0) is 0 Å². The van der Waals surface area contributed by atoms with E-state index in [1.807, 2.05) is 0 Å². The van der Waals surface area contributed by atoms with Crippen molar-refractivity contribution >= 4 is 11.9 Å². The summed E-state index contributed by atoms with van der Waals surface area (Å²) in [5.41, 5.74) is 0. The van der Waals surface area contributed by atoms with Gasteiger partial charge in [-0.2, -0.15) is 0 Å². The Balaban J connectivity index is 2.08. The van der Waals surface area contributed by atoms with Crippen molar-refractivity contribution in [2.75, 3.05) is 26.4 Å². The highest BCUT2D eigenvalue weighted by atomic mass is 16.8. The topological polar surface area (TPSA) is 132 Å². The van der Waals surface area contributed by atoms with Gasteiger partial charge in [0.05, 0.1) is 19.8 Å². The number of ether oxygens (including phenoxy) is 4. The molecule has 2 aliphatic heterocycles. The first-order chi connectivity index (χ1) is 9.98. The van der Waals surface area contributed by atoms with Crippen molar-refractivity contribution in [1.82, 2.24) is 0 Å². The van der Waals surface area contributed by atoms with Crippen LogP contribution in [0.25, 0.3) is 0 Å². The van der Waals surface area contributed by atoms with Crippen LogP contribution in [0.3, 0.4) is 0 Å². The Morgan fingerprint density at radius 3 is 2.52 bits per heavy atom. The van der Waals surface area contributed by atoms with Gasteiger partial charge in [0.15, 0.2) is 12.2 Å². The van der Waals surface area contributed by atoms with E-state index < -0.39 is 42.6 Å². The van der Waals surface area contributed by atoms with E-state index >= 15 is 0 Å². The van der Waals surface area contributed by atoms with E-state index in [9.17, 15) is 19.8 Å². The largest absolute Gasteiger partial charge is 0.478 e. The second kappa shape index (κ2) is 6.50. The molecule has 3 N–H and O–H groups in total. The number of carboxylic acid groups (broad SMARTS) is 1. The molecule has 0 saturated carbocycles. The molecule has 0 aromatic heterocycles. The summed E-state index contributed by atoms with van der Waals surface area (Å²) in [4.78, 5) is 21.9. The maximum Gasteiger partial charge on any atom is 0.331 e. The lowest BCUT2D eigenvalue weighted by atomic mass is 10.0. The first kappa shape index (κ1) is 15.9. The lowest BCUT2D eigenvalue weighted by Crippen LogP contribution is -2.54. The predicted octanol–water partition coefficient (Wildman–Crippen LogP) is -1.97. The molecule has 118 valence electrons. The number of aliphatic carboxylic acids is 1. The van der Waals surface area contributed by atoms with Gasteiger partial charge in [0.2, 0.25) is 5.79 Å². The van der Waals surface area contributed by atoms with Crippen LogP contribution >= 0.6 is 0 Å². The SMILES string of the molecule is O=C(O)/C=C\C(=O)O[C@@H]1[C@@H](O)CO[C@@H]1C1(CO)OCCO1. The number of hydrogen-bond acceptors (Lipinski definition) is 8. The Hall–Kier alpha value is -1.52. The number of carbonyl (C=O) groups excluding carboxylic acids is 1. The zero-order valence-electron chi connectivity index (χ0n) is 11.0. The minimum absolute atomic E-state index is 0.125. The molecule has 21 heavy (non-hydrogen) atoms. The minimum atomic E-state index is -1.50. The molecular weight excluding hydrogens is 288 g/mol. The molecule has 2 rings (SSSR count). The average Bonchev–Trinajstić information content (AvgIpc) is 3.05. The number of aliphatic hydroxyl groups is 2. The maximum absolute atomic E-state index is 11.5. The van der Waals surface area contributed by atoms with Crippen LogP contribution in [0.5, 0.6) is 0 Å². The van der Waals surface area contributed by atoms with E-state index in [2.05, 4.69) is 0 Å². The number of aliphatic hydroxyl groups excluding tert-OH is 2. The summed E-state index contributed by atoms with van der Waals surface area (Å²) >= 11 is 0. The molecule has 2 fully saturated rings. The highest BCUT2D eigenvalue weighted by Crippen LogP contribution is 2.33. The van der Waals surface area contributed by atoms with Crippen molar-refractivity contribution in [3.8, 4) is 0 Å². The molecule has 2 saturated heterocycles. The quantitative estimate of drug-likeness (QED) is 0.391. The molecular formula is C12H16O9. The molecule has 2 heterocycles. The first-order valence-corrected chi connectivity index (χ1v) is 6.28. The van der Waals surface area contributed by atoms with Gasteiger partial charge in [0.25, 0.3) is 0 Å². The van der Waals surface area contributed by atoms with Crippen LogP contribution in [-0.2, 0) is 28.5 Å².